The summed E-state index contributed by atoms with van der Waals surface area (Å²) in [6.07, 6.45) is 2.46. The van der Waals surface area contributed by atoms with Crippen LogP contribution in [0.3, 0.4) is 0 Å². The number of carbonyl (C=O) groups is 2. The molecule has 0 fully saturated rings. The minimum Gasteiger partial charge on any atom is -0.497 e. The molecule has 2 rings (SSSR count). The van der Waals surface area contributed by atoms with Gasteiger partial charge >= 0.3 is 5.97 Å². The van der Waals surface area contributed by atoms with E-state index in [9.17, 15) is 14.7 Å². The van der Waals surface area contributed by atoms with E-state index < -0.39 is 11.5 Å². The van der Waals surface area contributed by atoms with Crippen molar-refractivity contribution in [2.24, 2.45) is 0 Å². The number of amides is 1. The van der Waals surface area contributed by atoms with E-state index in [1.807, 2.05) is 13.0 Å². The summed E-state index contributed by atoms with van der Waals surface area (Å²) in [6.45, 7) is 3.70. The molecule has 0 aromatic heterocycles. The summed E-state index contributed by atoms with van der Waals surface area (Å²) in [5.41, 5.74) is 1.59. The molecule has 23 heavy (non-hydrogen) atoms. The minimum absolute atomic E-state index is 0.174. The Hall–Kier alpha value is -2.30. The number of ether oxygens (including phenoxy) is 1. The second-order valence-corrected chi connectivity index (χ2v) is 6.20. The smallest absolute Gasteiger partial charge is 0.306 e. The molecule has 1 aliphatic carbocycles. The first kappa shape index (κ1) is 17.1. The molecule has 0 radical (unpaired) electrons. The van der Waals surface area contributed by atoms with Crippen molar-refractivity contribution < 1.29 is 19.4 Å². The molecule has 2 N–H and O–H groups in total. The Morgan fingerprint density at radius 1 is 1.35 bits per heavy atom. The van der Waals surface area contributed by atoms with Crippen molar-refractivity contribution in [3.8, 4) is 5.75 Å². The Bertz CT molecular complexity index is 650. The van der Waals surface area contributed by atoms with Crippen LogP contribution in [0.2, 0.25) is 0 Å². The summed E-state index contributed by atoms with van der Waals surface area (Å²) in [6, 6.07) is 7.15. The van der Waals surface area contributed by atoms with Crippen LogP contribution in [0.5, 0.6) is 5.75 Å². The van der Waals surface area contributed by atoms with Gasteiger partial charge in [-0.2, -0.15) is 0 Å². The molecule has 0 bridgehead atoms. The molecule has 0 saturated carbocycles. The van der Waals surface area contributed by atoms with Gasteiger partial charge in [0.1, 0.15) is 5.75 Å². The van der Waals surface area contributed by atoms with Gasteiger partial charge in [0.2, 0.25) is 5.91 Å². The van der Waals surface area contributed by atoms with Gasteiger partial charge in [0.25, 0.3) is 0 Å². The lowest BCUT2D eigenvalue weighted by Gasteiger charge is -2.30. The Balaban J connectivity index is 2.33. The maximum Gasteiger partial charge on any atom is 0.306 e. The minimum atomic E-state index is -0.993. The number of allylic oxidation sites excluding steroid dienone is 1. The van der Waals surface area contributed by atoms with Gasteiger partial charge in [-0.15, -0.1) is 0 Å². The molecule has 0 saturated heterocycles. The SMILES string of the molecule is COc1cccc(C(C)(CC(=O)O)NC(=O)C2=C(C)CCC2)c1. The number of nitrogens with one attached hydrogen (secondary N) is 1. The second kappa shape index (κ2) is 6.86. The molecule has 1 aliphatic rings. The third-order valence-corrected chi connectivity index (χ3v) is 4.37. The van der Waals surface area contributed by atoms with Gasteiger partial charge in [0.05, 0.1) is 19.1 Å². The second-order valence-electron chi connectivity index (χ2n) is 6.20. The molecule has 1 atom stereocenters. The van der Waals surface area contributed by atoms with Crippen molar-refractivity contribution in [1.29, 1.82) is 0 Å². The lowest BCUT2D eigenvalue weighted by molar-refractivity contribution is -0.139. The number of hydrogen-bond donors (Lipinski definition) is 2. The van der Waals surface area contributed by atoms with E-state index >= 15 is 0 Å². The number of carbonyl (C=O) groups excluding carboxylic acids is 1. The standard InChI is InChI=1S/C18H23NO4/c1-12-6-4-9-15(12)17(22)19-18(2,11-16(20)21)13-7-5-8-14(10-13)23-3/h5,7-8,10H,4,6,9,11H2,1-3H3,(H,19,22)(H,20,21). The zero-order valence-electron chi connectivity index (χ0n) is 13.8. The van der Waals surface area contributed by atoms with Crippen molar-refractivity contribution in [3.63, 3.8) is 0 Å². The monoisotopic (exact) mass is 317 g/mol. The number of carboxylic acid groups (broad SMARTS) is 1. The summed E-state index contributed by atoms with van der Waals surface area (Å²) in [5, 5.41) is 12.2. The third kappa shape index (κ3) is 3.92. The predicted molar refractivity (Wildman–Crippen MR) is 87.3 cm³/mol. The average Bonchev–Trinajstić information content (AvgIpc) is 2.92. The summed E-state index contributed by atoms with van der Waals surface area (Å²) in [4.78, 5) is 23.9. The van der Waals surface area contributed by atoms with Crippen LogP contribution >= 0.6 is 0 Å². The first-order chi connectivity index (χ1) is 10.9. The topological polar surface area (TPSA) is 75.6 Å². The van der Waals surface area contributed by atoms with Gasteiger partial charge in [0, 0.05) is 5.57 Å². The highest BCUT2D eigenvalue weighted by Gasteiger charge is 2.33. The zero-order chi connectivity index (χ0) is 17.0. The van der Waals surface area contributed by atoms with E-state index in [1.54, 1.807) is 32.2 Å². The first-order valence-corrected chi connectivity index (χ1v) is 7.73. The zero-order valence-corrected chi connectivity index (χ0v) is 13.8. The van der Waals surface area contributed by atoms with Gasteiger partial charge in [0.15, 0.2) is 0 Å². The maximum absolute atomic E-state index is 12.6. The molecule has 0 heterocycles. The van der Waals surface area contributed by atoms with E-state index in [1.165, 1.54) is 0 Å². The van der Waals surface area contributed by atoms with Crippen molar-refractivity contribution in [1.82, 2.24) is 5.32 Å². The van der Waals surface area contributed by atoms with Crippen LogP contribution in [-0.2, 0) is 15.1 Å². The van der Waals surface area contributed by atoms with Crippen LogP contribution < -0.4 is 10.1 Å². The van der Waals surface area contributed by atoms with Crippen LogP contribution in [-0.4, -0.2) is 24.1 Å². The molecule has 1 aromatic rings. The highest BCUT2D eigenvalue weighted by molar-refractivity contribution is 5.95. The van der Waals surface area contributed by atoms with Crippen molar-refractivity contribution in [2.45, 2.75) is 45.1 Å². The number of benzene rings is 1. The fraction of sp³-hybridized carbons (Fsp3) is 0.444. The Labute approximate surface area is 136 Å². The normalized spacial score (nSPS) is 16.8. The molecule has 1 unspecified atom stereocenters. The fourth-order valence-corrected chi connectivity index (χ4v) is 3.02. The summed E-state index contributed by atoms with van der Waals surface area (Å²) in [7, 11) is 1.55. The van der Waals surface area contributed by atoms with Crippen LogP contribution in [0.4, 0.5) is 0 Å². The van der Waals surface area contributed by atoms with Crippen molar-refractivity contribution in [3.05, 3.63) is 41.0 Å². The number of aliphatic carboxylic acids is 1. The highest BCUT2D eigenvalue weighted by atomic mass is 16.5. The maximum atomic E-state index is 12.6. The van der Waals surface area contributed by atoms with Gasteiger partial charge in [-0.3, -0.25) is 9.59 Å². The van der Waals surface area contributed by atoms with Gasteiger partial charge in [-0.25, -0.2) is 0 Å². The number of hydrogen-bond acceptors (Lipinski definition) is 3. The lowest BCUT2D eigenvalue weighted by Crippen LogP contribution is -2.45. The Morgan fingerprint density at radius 3 is 2.65 bits per heavy atom. The average molecular weight is 317 g/mol. The van der Waals surface area contributed by atoms with Gasteiger partial charge in [-0.05, 0) is 50.8 Å². The largest absolute Gasteiger partial charge is 0.497 e. The summed E-state index contributed by atoms with van der Waals surface area (Å²) in [5.74, 6) is -0.510. The van der Waals surface area contributed by atoms with E-state index in [0.29, 0.717) is 11.3 Å². The van der Waals surface area contributed by atoms with Crippen molar-refractivity contribution >= 4 is 11.9 Å². The van der Waals surface area contributed by atoms with E-state index in [0.717, 1.165) is 30.4 Å². The molecule has 0 spiro atoms. The molecular weight excluding hydrogens is 294 g/mol. The molecular formula is C18H23NO4. The first-order valence-electron chi connectivity index (χ1n) is 7.73. The summed E-state index contributed by atoms with van der Waals surface area (Å²) >= 11 is 0. The molecule has 5 nitrogen and oxygen atoms in total. The van der Waals surface area contributed by atoms with Gasteiger partial charge < -0.3 is 15.2 Å². The number of methoxy groups -OCH3 is 1. The Morgan fingerprint density at radius 2 is 2.09 bits per heavy atom. The third-order valence-electron chi connectivity index (χ3n) is 4.37. The highest BCUT2D eigenvalue weighted by Crippen LogP contribution is 2.31. The molecule has 0 aliphatic heterocycles. The molecule has 1 amide bonds. The molecule has 124 valence electrons. The van der Waals surface area contributed by atoms with Crippen molar-refractivity contribution in [2.75, 3.05) is 7.11 Å². The predicted octanol–water partition coefficient (Wildman–Crippen LogP) is 3.00. The fourth-order valence-electron chi connectivity index (χ4n) is 3.02. The molecule has 1 aromatic carbocycles. The van der Waals surface area contributed by atoms with Crippen LogP contribution in [0.1, 0.15) is 45.1 Å². The van der Waals surface area contributed by atoms with Crippen LogP contribution in [0.25, 0.3) is 0 Å². The number of carboxylic acids is 1. The number of rotatable bonds is 6. The van der Waals surface area contributed by atoms with E-state index in [4.69, 9.17) is 4.74 Å². The molecule has 5 heteroatoms. The lowest BCUT2D eigenvalue weighted by atomic mass is 9.87. The van der Waals surface area contributed by atoms with Crippen LogP contribution in [0, 0.1) is 0 Å². The summed E-state index contributed by atoms with van der Waals surface area (Å²) < 4.78 is 5.21. The van der Waals surface area contributed by atoms with E-state index in [2.05, 4.69) is 5.32 Å². The quantitative estimate of drug-likeness (QED) is 0.845. The Kier molecular flexibility index (Phi) is 5.08. The van der Waals surface area contributed by atoms with E-state index in [-0.39, 0.29) is 12.3 Å². The van der Waals surface area contributed by atoms with Gasteiger partial charge in [-0.1, -0.05) is 17.7 Å². The van der Waals surface area contributed by atoms with Crippen LogP contribution in [0.15, 0.2) is 35.4 Å².